The lowest BCUT2D eigenvalue weighted by Crippen LogP contribution is -2.23. The molecular weight excluding hydrogens is 418 g/mol. The van der Waals surface area contributed by atoms with Gasteiger partial charge in [0, 0.05) is 7.11 Å². The first kappa shape index (κ1) is 22.7. The number of rotatable bonds is 9. The third-order valence-electron chi connectivity index (χ3n) is 3.91. The van der Waals surface area contributed by atoms with Gasteiger partial charge >= 0.3 is 5.97 Å². The summed E-state index contributed by atoms with van der Waals surface area (Å²) in [6.07, 6.45) is 0. The summed E-state index contributed by atoms with van der Waals surface area (Å²) in [6.45, 7) is 3.65. The number of ether oxygens (including phenoxy) is 2. The number of primary amides is 1. The van der Waals surface area contributed by atoms with Crippen LogP contribution in [0.5, 0.6) is 0 Å². The molecule has 0 unspecified atom stereocenters. The number of methoxy groups -OCH3 is 1. The van der Waals surface area contributed by atoms with E-state index >= 15 is 0 Å². The molecule has 0 bridgehead atoms. The lowest BCUT2D eigenvalue weighted by Gasteiger charge is -2.10. The highest BCUT2D eigenvalue weighted by Gasteiger charge is 2.25. The van der Waals surface area contributed by atoms with Crippen LogP contribution in [-0.4, -0.2) is 44.7 Å². The molecule has 2 amide bonds. The number of nitrogens with one attached hydrogen (secondary N) is 2. The summed E-state index contributed by atoms with van der Waals surface area (Å²) in [5, 5.41) is 6.25. The number of benzene rings is 1. The van der Waals surface area contributed by atoms with E-state index in [1.54, 1.807) is 19.1 Å². The Morgan fingerprint density at radius 2 is 1.93 bits per heavy atom. The van der Waals surface area contributed by atoms with Gasteiger partial charge < -0.3 is 25.8 Å². The van der Waals surface area contributed by atoms with E-state index in [2.05, 4.69) is 10.6 Å². The lowest BCUT2D eigenvalue weighted by molar-refractivity contribution is -0.114. The van der Waals surface area contributed by atoms with Gasteiger partial charge in [0.25, 0.3) is 5.91 Å². The van der Waals surface area contributed by atoms with Crippen LogP contribution in [0, 0.1) is 13.8 Å². The number of carbonyl (C=O) groups is 3. The smallest absolute Gasteiger partial charge is 0.341 e. The summed E-state index contributed by atoms with van der Waals surface area (Å²) in [4.78, 5) is 36.6. The molecule has 10 heteroatoms. The Kier molecular flexibility index (Phi) is 8.00. The highest BCUT2D eigenvalue weighted by atomic mass is 35.5. The molecule has 156 valence electrons. The van der Waals surface area contributed by atoms with Crippen LogP contribution in [-0.2, 0) is 14.3 Å². The number of anilines is 2. The van der Waals surface area contributed by atoms with E-state index in [4.69, 9.17) is 26.8 Å². The fourth-order valence-electron chi connectivity index (χ4n) is 2.48. The zero-order chi connectivity index (χ0) is 21.6. The van der Waals surface area contributed by atoms with E-state index in [1.165, 1.54) is 7.11 Å². The van der Waals surface area contributed by atoms with E-state index in [0.29, 0.717) is 16.3 Å². The van der Waals surface area contributed by atoms with E-state index in [9.17, 15) is 14.4 Å². The maximum absolute atomic E-state index is 12.4. The van der Waals surface area contributed by atoms with Crippen LogP contribution < -0.4 is 16.4 Å². The fraction of sp³-hybridized carbons (Fsp3) is 0.316. The van der Waals surface area contributed by atoms with E-state index in [-0.39, 0.29) is 35.2 Å². The van der Waals surface area contributed by atoms with Gasteiger partial charge in [-0.1, -0.05) is 17.7 Å². The van der Waals surface area contributed by atoms with Gasteiger partial charge in [-0.2, -0.15) is 0 Å². The Morgan fingerprint density at radius 1 is 1.21 bits per heavy atom. The fourth-order valence-corrected chi connectivity index (χ4v) is 3.85. The average Bonchev–Trinajstić information content (AvgIpc) is 2.97. The van der Waals surface area contributed by atoms with Gasteiger partial charge in [0.05, 0.1) is 34.3 Å². The number of halogens is 1. The van der Waals surface area contributed by atoms with Gasteiger partial charge in [-0.25, -0.2) is 4.79 Å². The molecular formula is C19H22ClN3O5S. The summed E-state index contributed by atoms with van der Waals surface area (Å²) in [6, 6.07) is 5.41. The molecule has 0 saturated carbocycles. The van der Waals surface area contributed by atoms with E-state index in [0.717, 1.165) is 16.9 Å². The van der Waals surface area contributed by atoms with Crippen molar-refractivity contribution in [3.63, 3.8) is 0 Å². The predicted octanol–water partition coefficient (Wildman–Crippen LogP) is 2.97. The zero-order valence-electron chi connectivity index (χ0n) is 16.3. The van der Waals surface area contributed by atoms with E-state index in [1.807, 2.05) is 13.0 Å². The minimum atomic E-state index is -0.691. The third kappa shape index (κ3) is 5.93. The Balaban J connectivity index is 2.15. The normalized spacial score (nSPS) is 10.5. The van der Waals surface area contributed by atoms with Crippen LogP contribution in [0.4, 0.5) is 10.7 Å². The van der Waals surface area contributed by atoms with Gasteiger partial charge in [0.15, 0.2) is 0 Å². The number of esters is 1. The predicted molar refractivity (Wildman–Crippen MR) is 113 cm³/mol. The molecule has 0 radical (unpaired) electrons. The molecule has 8 nitrogen and oxygen atoms in total. The Hall–Kier alpha value is -2.62. The highest BCUT2D eigenvalue weighted by Crippen LogP contribution is 2.33. The number of nitrogens with two attached hydrogens (primary N) is 1. The molecule has 0 aliphatic rings. The molecule has 29 heavy (non-hydrogen) atoms. The second-order valence-electron chi connectivity index (χ2n) is 6.14. The zero-order valence-corrected chi connectivity index (χ0v) is 17.8. The molecule has 0 saturated heterocycles. The molecule has 0 aliphatic heterocycles. The summed E-state index contributed by atoms with van der Waals surface area (Å²) >= 11 is 7.07. The van der Waals surface area contributed by atoms with Crippen LogP contribution in [0.25, 0.3) is 0 Å². The second-order valence-corrected chi connectivity index (χ2v) is 7.57. The average molecular weight is 440 g/mol. The van der Waals surface area contributed by atoms with Crippen LogP contribution in [0.15, 0.2) is 18.2 Å². The first-order valence-corrected chi connectivity index (χ1v) is 9.83. The standard InChI is InChI=1S/C19H22ClN3O5S/c1-10-4-5-13(12(20)8-10)22-9-14(24)23-18-15(19(26)28-7-6-27-3)11(2)16(29-18)17(21)25/h4-5,8,22H,6-7,9H2,1-3H3,(H2,21,25)(H,23,24). The summed E-state index contributed by atoms with van der Waals surface area (Å²) < 4.78 is 9.98. The van der Waals surface area contributed by atoms with Crippen LogP contribution >= 0.6 is 22.9 Å². The Bertz CT molecular complexity index is 929. The van der Waals surface area contributed by atoms with Crippen LogP contribution in [0.3, 0.4) is 0 Å². The molecule has 1 heterocycles. The van der Waals surface area contributed by atoms with Crippen molar-refractivity contribution < 1.29 is 23.9 Å². The summed E-state index contributed by atoms with van der Waals surface area (Å²) in [5.41, 5.74) is 7.43. The van der Waals surface area contributed by atoms with Gasteiger partial charge in [0.1, 0.15) is 11.6 Å². The second kappa shape index (κ2) is 10.2. The lowest BCUT2D eigenvalue weighted by atomic mass is 10.1. The number of aryl methyl sites for hydroxylation is 1. The van der Waals surface area contributed by atoms with Crippen molar-refractivity contribution in [2.45, 2.75) is 13.8 Å². The van der Waals surface area contributed by atoms with Crippen molar-refractivity contribution in [3.05, 3.63) is 44.8 Å². The van der Waals surface area contributed by atoms with Crippen molar-refractivity contribution in [2.75, 3.05) is 37.5 Å². The Labute approximate surface area is 177 Å². The molecule has 4 N–H and O–H groups in total. The molecule has 1 aromatic carbocycles. The largest absolute Gasteiger partial charge is 0.460 e. The molecule has 0 fully saturated rings. The van der Waals surface area contributed by atoms with Gasteiger partial charge in [-0.3, -0.25) is 9.59 Å². The SMILES string of the molecule is COCCOC(=O)c1c(NC(=O)CNc2ccc(C)cc2Cl)sc(C(N)=O)c1C. The number of amides is 2. The van der Waals surface area contributed by atoms with E-state index < -0.39 is 17.8 Å². The molecule has 1 aromatic heterocycles. The molecule has 2 aromatic rings. The number of thiophene rings is 1. The van der Waals surface area contributed by atoms with Crippen molar-refractivity contribution >= 4 is 51.4 Å². The minimum Gasteiger partial charge on any atom is -0.460 e. The number of hydrogen-bond acceptors (Lipinski definition) is 7. The third-order valence-corrected chi connectivity index (χ3v) is 5.45. The number of hydrogen-bond donors (Lipinski definition) is 3. The Morgan fingerprint density at radius 3 is 2.55 bits per heavy atom. The number of carbonyl (C=O) groups excluding carboxylic acids is 3. The highest BCUT2D eigenvalue weighted by molar-refractivity contribution is 7.18. The first-order chi connectivity index (χ1) is 13.7. The van der Waals surface area contributed by atoms with Crippen LogP contribution in [0.1, 0.15) is 31.2 Å². The summed E-state index contributed by atoms with van der Waals surface area (Å²) in [5.74, 6) is -1.79. The molecule has 0 aliphatic carbocycles. The quantitative estimate of drug-likeness (QED) is 0.408. The summed E-state index contributed by atoms with van der Waals surface area (Å²) in [7, 11) is 1.48. The molecule has 0 spiro atoms. The monoisotopic (exact) mass is 439 g/mol. The maximum Gasteiger partial charge on any atom is 0.341 e. The van der Waals surface area contributed by atoms with Crippen molar-refractivity contribution in [1.82, 2.24) is 0 Å². The maximum atomic E-state index is 12.4. The van der Waals surface area contributed by atoms with Gasteiger partial charge in [-0.05, 0) is 37.1 Å². The minimum absolute atomic E-state index is 0.0391. The molecule has 2 rings (SSSR count). The van der Waals surface area contributed by atoms with Gasteiger partial charge in [-0.15, -0.1) is 11.3 Å². The van der Waals surface area contributed by atoms with Crippen LogP contribution in [0.2, 0.25) is 5.02 Å². The molecule has 0 atom stereocenters. The van der Waals surface area contributed by atoms with Crippen molar-refractivity contribution in [3.8, 4) is 0 Å². The van der Waals surface area contributed by atoms with Crippen molar-refractivity contribution in [2.24, 2.45) is 5.73 Å². The van der Waals surface area contributed by atoms with Gasteiger partial charge in [0.2, 0.25) is 5.91 Å². The van der Waals surface area contributed by atoms with Crippen molar-refractivity contribution in [1.29, 1.82) is 0 Å². The topological polar surface area (TPSA) is 120 Å². The first-order valence-electron chi connectivity index (χ1n) is 8.63.